The van der Waals surface area contributed by atoms with Crippen LogP contribution in [0.15, 0.2) is 18.2 Å². The molecule has 1 unspecified atom stereocenters. The fourth-order valence-corrected chi connectivity index (χ4v) is 4.69. The van der Waals surface area contributed by atoms with E-state index in [9.17, 15) is 4.79 Å². The first-order chi connectivity index (χ1) is 12.1. The second kappa shape index (κ2) is 6.95. The standard InChI is InChI=1S/C16H15ClN4O2S2/c1-9-14(25-20-19-9)15(22)21(8-10-4-3-7-23-10)16-18-13-11(17)5-2-6-12(13)24-16/h2,5-6,10H,3-4,7-8H2,1H3. The first-order valence-corrected chi connectivity index (χ1v) is 9.88. The fourth-order valence-electron chi connectivity index (χ4n) is 2.81. The predicted molar refractivity (Wildman–Crippen MR) is 99.9 cm³/mol. The summed E-state index contributed by atoms with van der Waals surface area (Å²) in [6, 6.07) is 5.64. The van der Waals surface area contributed by atoms with Crippen LogP contribution in [0.5, 0.6) is 0 Å². The van der Waals surface area contributed by atoms with E-state index in [1.54, 1.807) is 17.9 Å². The molecule has 0 radical (unpaired) electrons. The first-order valence-electron chi connectivity index (χ1n) is 7.91. The van der Waals surface area contributed by atoms with E-state index < -0.39 is 0 Å². The summed E-state index contributed by atoms with van der Waals surface area (Å²) in [5.74, 6) is -0.141. The lowest BCUT2D eigenvalue weighted by molar-refractivity contribution is 0.0920. The van der Waals surface area contributed by atoms with Gasteiger partial charge in [0.2, 0.25) is 0 Å². The Kier molecular flexibility index (Phi) is 4.68. The number of ether oxygens (including phenoxy) is 1. The molecule has 4 rings (SSSR count). The highest BCUT2D eigenvalue weighted by atomic mass is 35.5. The van der Waals surface area contributed by atoms with Crippen LogP contribution in [0.25, 0.3) is 10.2 Å². The number of halogens is 1. The smallest absolute Gasteiger partial charge is 0.273 e. The van der Waals surface area contributed by atoms with Gasteiger partial charge in [-0.1, -0.05) is 33.5 Å². The minimum atomic E-state index is -0.141. The van der Waals surface area contributed by atoms with Gasteiger partial charge < -0.3 is 4.74 Å². The quantitative estimate of drug-likeness (QED) is 0.670. The van der Waals surface area contributed by atoms with E-state index in [-0.39, 0.29) is 12.0 Å². The molecule has 25 heavy (non-hydrogen) atoms. The second-order valence-electron chi connectivity index (χ2n) is 5.82. The highest BCUT2D eigenvalue weighted by Crippen LogP contribution is 2.34. The van der Waals surface area contributed by atoms with Crippen molar-refractivity contribution in [2.75, 3.05) is 18.1 Å². The van der Waals surface area contributed by atoms with Gasteiger partial charge in [-0.15, -0.1) is 5.10 Å². The highest BCUT2D eigenvalue weighted by Gasteiger charge is 2.29. The molecule has 1 amide bonds. The molecule has 0 spiro atoms. The third-order valence-electron chi connectivity index (χ3n) is 4.09. The Morgan fingerprint density at radius 1 is 1.48 bits per heavy atom. The van der Waals surface area contributed by atoms with E-state index in [0.717, 1.165) is 35.7 Å². The van der Waals surface area contributed by atoms with Gasteiger partial charge in [-0.3, -0.25) is 9.69 Å². The van der Waals surface area contributed by atoms with E-state index >= 15 is 0 Å². The average molecular weight is 395 g/mol. The lowest BCUT2D eigenvalue weighted by atomic mass is 10.2. The van der Waals surface area contributed by atoms with Crippen LogP contribution in [-0.4, -0.2) is 39.7 Å². The van der Waals surface area contributed by atoms with E-state index in [4.69, 9.17) is 16.3 Å². The Balaban J connectivity index is 1.74. The van der Waals surface area contributed by atoms with Gasteiger partial charge in [0, 0.05) is 6.61 Å². The number of hydrogen-bond donors (Lipinski definition) is 0. The van der Waals surface area contributed by atoms with E-state index in [1.807, 2.05) is 12.1 Å². The van der Waals surface area contributed by atoms with Crippen LogP contribution in [0, 0.1) is 6.92 Å². The van der Waals surface area contributed by atoms with Crippen molar-refractivity contribution in [1.29, 1.82) is 0 Å². The van der Waals surface area contributed by atoms with Crippen molar-refractivity contribution in [1.82, 2.24) is 14.6 Å². The van der Waals surface area contributed by atoms with Gasteiger partial charge in [-0.05, 0) is 43.4 Å². The van der Waals surface area contributed by atoms with Gasteiger partial charge in [0.05, 0.1) is 28.1 Å². The second-order valence-corrected chi connectivity index (χ2v) is 7.99. The van der Waals surface area contributed by atoms with Crippen LogP contribution in [0.4, 0.5) is 5.13 Å². The summed E-state index contributed by atoms with van der Waals surface area (Å²) in [5.41, 5.74) is 1.35. The monoisotopic (exact) mass is 394 g/mol. The molecule has 2 aromatic heterocycles. The van der Waals surface area contributed by atoms with Gasteiger partial charge in [-0.25, -0.2) is 4.98 Å². The van der Waals surface area contributed by atoms with E-state index in [0.29, 0.717) is 32.8 Å². The Morgan fingerprint density at radius 2 is 2.36 bits per heavy atom. The normalized spacial score (nSPS) is 17.3. The summed E-state index contributed by atoms with van der Waals surface area (Å²) in [6.07, 6.45) is 1.97. The molecule has 1 atom stereocenters. The number of amides is 1. The zero-order valence-corrected chi connectivity index (χ0v) is 15.8. The Bertz CT molecular complexity index is 920. The largest absolute Gasteiger partial charge is 0.376 e. The molecule has 9 heteroatoms. The van der Waals surface area contributed by atoms with Crippen LogP contribution in [0.2, 0.25) is 5.02 Å². The molecule has 0 N–H and O–H groups in total. The van der Waals surface area contributed by atoms with Crippen LogP contribution in [0.3, 0.4) is 0 Å². The van der Waals surface area contributed by atoms with Gasteiger partial charge >= 0.3 is 0 Å². The predicted octanol–water partition coefficient (Wildman–Crippen LogP) is 3.94. The number of rotatable bonds is 4. The van der Waals surface area contributed by atoms with Gasteiger partial charge in [0.1, 0.15) is 10.4 Å². The number of carbonyl (C=O) groups excluding carboxylic acids is 1. The zero-order valence-electron chi connectivity index (χ0n) is 13.4. The van der Waals surface area contributed by atoms with Crippen LogP contribution in [0.1, 0.15) is 28.2 Å². The number of carbonyl (C=O) groups is 1. The summed E-state index contributed by atoms with van der Waals surface area (Å²) < 4.78 is 10.6. The third kappa shape index (κ3) is 3.27. The molecular formula is C16H15ClN4O2S2. The van der Waals surface area contributed by atoms with Crippen molar-refractivity contribution in [3.05, 3.63) is 33.8 Å². The summed E-state index contributed by atoms with van der Waals surface area (Å²) >= 11 is 8.81. The van der Waals surface area contributed by atoms with Gasteiger partial charge in [0.15, 0.2) is 5.13 Å². The number of aryl methyl sites for hydroxylation is 1. The van der Waals surface area contributed by atoms with Gasteiger partial charge in [0.25, 0.3) is 5.91 Å². The van der Waals surface area contributed by atoms with Crippen LogP contribution in [-0.2, 0) is 4.74 Å². The number of para-hydroxylation sites is 1. The van der Waals surface area contributed by atoms with Crippen LogP contribution >= 0.6 is 34.5 Å². The molecule has 1 fully saturated rings. The lowest BCUT2D eigenvalue weighted by Gasteiger charge is -2.22. The maximum Gasteiger partial charge on any atom is 0.273 e. The first kappa shape index (κ1) is 16.8. The van der Waals surface area contributed by atoms with Crippen LogP contribution < -0.4 is 4.90 Å². The molecule has 130 valence electrons. The van der Waals surface area contributed by atoms with Gasteiger partial charge in [-0.2, -0.15) is 0 Å². The van der Waals surface area contributed by atoms with Crippen molar-refractivity contribution >= 4 is 55.7 Å². The molecule has 1 saturated heterocycles. The lowest BCUT2D eigenvalue weighted by Crippen LogP contribution is -2.37. The number of thiazole rings is 1. The highest BCUT2D eigenvalue weighted by molar-refractivity contribution is 7.22. The minimum Gasteiger partial charge on any atom is -0.376 e. The molecule has 0 bridgehead atoms. The number of fused-ring (bicyclic) bond motifs is 1. The fraction of sp³-hybridized carbons (Fsp3) is 0.375. The van der Waals surface area contributed by atoms with Crippen molar-refractivity contribution in [3.8, 4) is 0 Å². The summed E-state index contributed by atoms with van der Waals surface area (Å²) in [4.78, 5) is 19.9. The summed E-state index contributed by atoms with van der Waals surface area (Å²) in [6.45, 7) is 2.99. The number of aromatic nitrogens is 3. The molecular weight excluding hydrogens is 380 g/mol. The molecule has 1 aliphatic heterocycles. The third-order valence-corrected chi connectivity index (χ3v) is 6.25. The van der Waals surface area contributed by atoms with Crippen molar-refractivity contribution in [2.24, 2.45) is 0 Å². The average Bonchev–Trinajstić information content (AvgIpc) is 3.32. The Labute approximate surface area is 157 Å². The van der Waals surface area contributed by atoms with E-state index in [1.165, 1.54) is 11.3 Å². The maximum absolute atomic E-state index is 13.1. The van der Waals surface area contributed by atoms with Crippen molar-refractivity contribution in [3.63, 3.8) is 0 Å². The Morgan fingerprint density at radius 3 is 3.04 bits per heavy atom. The molecule has 0 aliphatic carbocycles. The van der Waals surface area contributed by atoms with Crippen molar-refractivity contribution < 1.29 is 9.53 Å². The molecule has 1 aromatic carbocycles. The molecule has 3 aromatic rings. The van der Waals surface area contributed by atoms with E-state index in [2.05, 4.69) is 14.6 Å². The summed E-state index contributed by atoms with van der Waals surface area (Å²) in [5, 5.41) is 5.16. The number of benzene rings is 1. The molecule has 1 aliphatic rings. The zero-order chi connectivity index (χ0) is 17.4. The number of hydrogen-bond acceptors (Lipinski definition) is 7. The summed E-state index contributed by atoms with van der Waals surface area (Å²) in [7, 11) is 0. The number of nitrogens with zero attached hydrogens (tertiary/aromatic N) is 4. The molecule has 0 saturated carbocycles. The molecule has 3 heterocycles. The maximum atomic E-state index is 13.1. The van der Waals surface area contributed by atoms with Crippen molar-refractivity contribution in [2.45, 2.75) is 25.9 Å². The topological polar surface area (TPSA) is 68.2 Å². The minimum absolute atomic E-state index is 0.0209. The molecule has 6 nitrogen and oxygen atoms in total. The SMILES string of the molecule is Cc1nnsc1C(=O)N(CC1CCCO1)c1nc2c(Cl)cccc2s1. The number of anilines is 1. The Hall–Kier alpha value is -1.61.